The Morgan fingerprint density at radius 1 is 0.679 bits per heavy atom. The molecule has 0 aliphatic rings. The van der Waals surface area contributed by atoms with Crippen molar-refractivity contribution in [2.75, 3.05) is 0 Å². The maximum Gasteiger partial charge on any atom is 0.124 e. The van der Waals surface area contributed by atoms with Crippen LogP contribution in [0.1, 0.15) is 11.1 Å². The van der Waals surface area contributed by atoms with Crippen molar-refractivity contribution in [1.82, 2.24) is 4.98 Å². The van der Waals surface area contributed by atoms with Crippen LogP contribution in [0, 0.1) is 0 Å². The van der Waals surface area contributed by atoms with E-state index in [0.29, 0.717) is 0 Å². The number of pyridine rings is 1. The van der Waals surface area contributed by atoms with Gasteiger partial charge < -0.3 is 5.11 Å². The molecule has 1 N–H and O–H groups in total. The van der Waals surface area contributed by atoms with Gasteiger partial charge in [0.25, 0.3) is 0 Å². The SMILES string of the molecule is Oc1ccc(Cc2c3ccccc3cc3ccccc23)cc1-c1ccccn1. The van der Waals surface area contributed by atoms with Crippen LogP contribution in [0.4, 0.5) is 0 Å². The summed E-state index contributed by atoms with van der Waals surface area (Å²) in [4.78, 5) is 4.40. The number of benzene rings is 4. The Kier molecular flexibility index (Phi) is 4.02. The van der Waals surface area contributed by atoms with Gasteiger partial charge in [-0.05, 0) is 69.4 Å². The third-order valence-electron chi connectivity index (χ3n) is 5.27. The lowest BCUT2D eigenvalue weighted by Gasteiger charge is -2.13. The van der Waals surface area contributed by atoms with Crippen molar-refractivity contribution in [1.29, 1.82) is 0 Å². The third-order valence-corrected chi connectivity index (χ3v) is 5.27. The average Bonchev–Trinajstić information content (AvgIpc) is 2.75. The summed E-state index contributed by atoms with van der Waals surface area (Å²) in [6.07, 6.45) is 2.54. The molecule has 0 amide bonds. The highest BCUT2D eigenvalue weighted by Crippen LogP contribution is 2.33. The quantitative estimate of drug-likeness (QED) is 0.380. The number of hydrogen-bond donors (Lipinski definition) is 1. The summed E-state index contributed by atoms with van der Waals surface area (Å²) in [6.45, 7) is 0. The highest BCUT2D eigenvalue weighted by molar-refractivity contribution is 6.02. The van der Waals surface area contributed by atoms with Gasteiger partial charge in [-0.15, -0.1) is 0 Å². The minimum absolute atomic E-state index is 0.255. The molecule has 0 bridgehead atoms. The fourth-order valence-electron chi connectivity index (χ4n) is 3.92. The first-order valence-corrected chi connectivity index (χ1v) is 9.42. The van der Waals surface area contributed by atoms with E-state index < -0.39 is 0 Å². The summed E-state index contributed by atoms with van der Waals surface area (Å²) >= 11 is 0. The second-order valence-electron chi connectivity index (χ2n) is 7.04. The Morgan fingerprint density at radius 3 is 2.04 bits per heavy atom. The molecule has 0 radical (unpaired) electrons. The second-order valence-corrected chi connectivity index (χ2v) is 7.04. The lowest BCUT2D eigenvalue weighted by molar-refractivity contribution is 0.477. The van der Waals surface area contributed by atoms with E-state index in [0.717, 1.165) is 23.2 Å². The molecule has 4 aromatic carbocycles. The molecule has 0 spiro atoms. The topological polar surface area (TPSA) is 33.1 Å². The van der Waals surface area contributed by atoms with Gasteiger partial charge in [-0.3, -0.25) is 4.98 Å². The lowest BCUT2D eigenvalue weighted by atomic mass is 9.92. The normalized spacial score (nSPS) is 11.1. The van der Waals surface area contributed by atoms with E-state index in [1.54, 1.807) is 12.3 Å². The van der Waals surface area contributed by atoms with Gasteiger partial charge in [0, 0.05) is 11.8 Å². The van der Waals surface area contributed by atoms with Crippen molar-refractivity contribution in [2.24, 2.45) is 0 Å². The largest absolute Gasteiger partial charge is 0.507 e. The fraction of sp³-hybridized carbons (Fsp3) is 0.0385. The molecule has 2 nitrogen and oxygen atoms in total. The monoisotopic (exact) mass is 361 g/mol. The first-order chi connectivity index (χ1) is 13.8. The van der Waals surface area contributed by atoms with E-state index in [2.05, 4.69) is 59.6 Å². The molecule has 5 rings (SSSR count). The van der Waals surface area contributed by atoms with Gasteiger partial charge in [0.1, 0.15) is 5.75 Å². The average molecular weight is 361 g/mol. The van der Waals surface area contributed by atoms with Crippen LogP contribution in [0.3, 0.4) is 0 Å². The first-order valence-electron chi connectivity index (χ1n) is 9.42. The predicted octanol–water partition coefficient (Wildman–Crippen LogP) is 6.35. The van der Waals surface area contributed by atoms with Gasteiger partial charge >= 0.3 is 0 Å². The summed E-state index contributed by atoms with van der Waals surface area (Å²) in [6, 6.07) is 30.9. The zero-order valence-electron chi connectivity index (χ0n) is 15.3. The number of hydrogen-bond acceptors (Lipinski definition) is 2. The van der Waals surface area contributed by atoms with E-state index in [1.807, 2.05) is 30.3 Å². The van der Waals surface area contributed by atoms with Crippen LogP contribution >= 0.6 is 0 Å². The molecule has 0 fully saturated rings. The number of aromatic nitrogens is 1. The Bertz CT molecular complexity index is 1240. The number of phenols is 1. The molecule has 0 atom stereocenters. The van der Waals surface area contributed by atoms with Gasteiger partial charge in [-0.2, -0.15) is 0 Å². The Balaban J connectivity index is 1.68. The lowest BCUT2D eigenvalue weighted by Crippen LogP contribution is -1.94. The summed E-state index contributed by atoms with van der Waals surface area (Å²) in [5.41, 5.74) is 4.01. The molecule has 0 saturated heterocycles. The summed E-state index contributed by atoms with van der Waals surface area (Å²) in [7, 11) is 0. The van der Waals surface area contributed by atoms with Gasteiger partial charge in [0.2, 0.25) is 0 Å². The van der Waals surface area contributed by atoms with Crippen molar-refractivity contribution in [2.45, 2.75) is 6.42 Å². The van der Waals surface area contributed by atoms with Gasteiger partial charge in [0.05, 0.1) is 5.69 Å². The Hall–Kier alpha value is -3.65. The molecule has 0 aliphatic heterocycles. The molecule has 28 heavy (non-hydrogen) atoms. The molecule has 1 aromatic heterocycles. The fourth-order valence-corrected chi connectivity index (χ4v) is 3.92. The molecule has 0 unspecified atom stereocenters. The van der Waals surface area contributed by atoms with Crippen LogP contribution in [0.5, 0.6) is 5.75 Å². The van der Waals surface area contributed by atoms with E-state index in [9.17, 15) is 5.11 Å². The Labute approximate surface area is 163 Å². The molecule has 5 aromatic rings. The van der Waals surface area contributed by atoms with E-state index in [1.165, 1.54) is 27.1 Å². The highest BCUT2D eigenvalue weighted by Gasteiger charge is 2.11. The smallest absolute Gasteiger partial charge is 0.124 e. The zero-order valence-corrected chi connectivity index (χ0v) is 15.3. The van der Waals surface area contributed by atoms with Crippen molar-refractivity contribution in [3.05, 3.63) is 108 Å². The molecule has 0 aliphatic carbocycles. The summed E-state index contributed by atoms with van der Waals surface area (Å²) < 4.78 is 0. The number of nitrogens with zero attached hydrogens (tertiary/aromatic N) is 1. The summed E-state index contributed by atoms with van der Waals surface area (Å²) in [5.74, 6) is 0.255. The van der Waals surface area contributed by atoms with Crippen LogP contribution in [0.15, 0.2) is 97.2 Å². The summed E-state index contributed by atoms with van der Waals surface area (Å²) in [5, 5.41) is 15.4. The van der Waals surface area contributed by atoms with Crippen molar-refractivity contribution >= 4 is 21.5 Å². The highest BCUT2D eigenvalue weighted by atomic mass is 16.3. The minimum Gasteiger partial charge on any atom is -0.507 e. The van der Waals surface area contributed by atoms with Crippen molar-refractivity contribution in [3.8, 4) is 17.0 Å². The van der Waals surface area contributed by atoms with E-state index in [4.69, 9.17) is 0 Å². The molecule has 134 valence electrons. The number of rotatable bonds is 3. The van der Waals surface area contributed by atoms with Gasteiger partial charge in [0.15, 0.2) is 0 Å². The second kappa shape index (κ2) is 6.82. The molecular weight excluding hydrogens is 342 g/mol. The standard InChI is InChI=1S/C26H19NO/c28-26-13-12-18(16-24(26)25-11-5-6-14-27-25)15-23-21-9-3-1-7-19(21)17-20-8-2-4-10-22(20)23/h1-14,16-17,28H,15H2. The third kappa shape index (κ3) is 2.89. The number of phenolic OH excluding ortho intramolecular Hbond substituents is 1. The molecule has 2 heteroatoms. The van der Waals surface area contributed by atoms with Gasteiger partial charge in [-0.1, -0.05) is 60.7 Å². The van der Waals surface area contributed by atoms with Crippen molar-refractivity contribution in [3.63, 3.8) is 0 Å². The Morgan fingerprint density at radius 2 is 1.36 bits per heavy atom. The van der Waals surface area contributed by atoms with E-state index >= 15 is 0 Å². The van der Waals surface area contributed by atoms with Crippen LogP contribution in [-0.4, -0.2) is 10.1 Å². The van der Waals surface area contributed by atoms with Crippen LogP contribution < -0.4 is 0 Å². The number of aromatic hydroxyl groups is 1. The predicted molar refractivity (Wildman–Crippen MR) is 116 cm³/mol. The maximum atomic E-state index is 10.4. The number of fused-ring (bicyclic) bond motifs is 2. The molecule has 0 saturated carbocycles. The minimum atomic E-state index is 0.255. The van der Waals surface area contributed by atoms with Crippen LogP contribution in [0.2, 0.25) is 0 Å². The van der Waals surface area contributed by atoms with Crippen LogP contribution in [0.25, 0.3) is 32.8 Å². The van der Waals surface area contributed by atoms with Crippen molar-refractivity contribution < 1.29 is 5.11 Å². The van der Waals surface area contributed by atoms with Gasteiger partial charge in [-0.25, -0.2) is 0 Å². The zero-order chi connectivity index (χ0) is 18.9. The maximum absolute atomic E-state index is 10.4. The molecule has 1 heterocycles. The van der Waals surface area contributed by atoms with E-state index in [-0.39, 0.29) is 5.75 Å². The first kappa shape index (κ1) is 16.5. The van der Waals surface area contributed by atoms with Crippen LogP contribution in [-0.2, 0) is 6.42 Å². The molecular formula is C26H19NO.